The number of hydrogen-bond acceptors (Lipinski definition) is 4. The van der Waals surface area contributed by atoms with E-state index < -0.39 is 16.1 Å². The maximum Gasteiger partial charge on any atom is 0.240 e. The lowest BCUT2D eigenvalue weighted by Gasteiger charge is -2.33. The number of hydrogen-bond donors (Lipinski definition) is 2. The van der Waals surface area contributed by atoms with Crippen LogP contribution in [0.1, 0.15) is 33.1 Å². The molecule has 1 rings (SSSR count). The molecule has 8 heteroatoms. The molecular formula is C13H25N3O4S. The smallest absolute Gasteiger partial charge is 0.240 e. The highest BCUT2D eigenvalue weighted by molar-refractivity contribution is 7.88. The molecule has 3 N–H and O–H groups in total. The van der Waals surface area contributed by atoms with Crippen LogP contribution in [-0.2, 0) is 19.6 Å². The van der Waals surface area contributed by atoms with E-state index in [1.807, 2.05) is 13.8 Å². The standard InChI is InChI=1S/C13H25N3O4S/c1-9(2)8-11(15-21(3,19)20)13(18)16-6-4-10(5-7-16)12(14)17/h9-11,15H,4-8H2,1-3H3,(H2,14,17). The van der Waals surface area contributed by atoms with Crippen LogP contribution in [0.5, 0.6) is 0 Å². The van der Waals surface area contributed by atoms with Crippen LogP contribution in [0.3, 0.4) is 0 Å². The van der Waals surface area contributed by atoms with Crippen molar-refractivity contribution >= 4 is 21.8 Å². The van der Waals surface area contributed by atoms with Gasteiger partial charge in [-0.2, -0.15) is 0 Å². The van der Waals surface area contributed by atoms with Crippen LogP contribution >= 0.6 is 0 Å². The van der Waals surface area contributed by atoms with E-state index in [2.05, 4.69) is 4.72 Å². The van der Waals surface area contributed by atoms with Gasteiger partial charge < -0.3 is 10.6 Å². The van der Waals surface area contributed by atoms with Crippen molar-refractivity contribution in [3.8, 4) is 0 Å². The van der Waals surface area contributed by atoms with E-state index in [9.17, 15) is 18.0 Å². The van der Waals surface area contributed by atoms with Crippen molar-refractivity contribution in [3.05, 3.63) is 0 Å². The van der Waals surface area contributed by atoms with Gasteiger partial charge in [-0.1, -0.05) is 13.8 Å². The Kier molecular flexibility index (Phi) is 6.15. The molecule has 1 aliphatic heterocycles. The molecule has 1 aliphatic rings. The summed E-state index contributed by atoms with van der Waals surface area (Å²) in [5.41, 5.74) is 5.26. The maximum absolute atomic E-state index is 12.5. The van der Waals surface area contributed by atoms with Crippen LogP contribution in [0, 0.1) is 11.8 Å². The monoisotopic (exact) mass is 319 g/mol. The van der Waals surface area contributed by atoms with Gasteiger partial charge in [0.1, 0.15) is 6.04 Å². The highest BCUT2D eigenvalue weighted by Crippen LogP contribution is 2.19. The van der Waals surface area contributed by atoms with Gasteiger partial charge in [-0.05, 0) is 25.2 Å². The summed E-state index contributed by atoms with van der Waals surface area (Å²) in [6.07, 6.45) is 2.57. The van der Waals surface area contributed by atoms with Gasteiger partial charge >= 0.3 is 0 Å². The minimum Gasteiger partial charge on any atom is -0.369 e. The molecule has 7 nitrogen and oxygen atoms in total. The minimum atomic E-state index is -3.45. The summed E-state index contributed by atoms with van der Waals surface area (Å²) in [4.78, 5) is 25.2. The summed E-state index contributed by atoms with van der Waals surface area (Å²) >= 11 is 0. The number of likely N-dealkylation sites (tertiary alicyclic amines) is 1. The summed E-state index contributed by atoms with van der Waals surface area (Å²) in [6.45, 7) is 4.74. The van der Waals surface area contributed by atoms with Crippen molar-refractivity contribution in [1.82, 2.24) is 9.62 Å². The van der Waals surface area contributed by atoms with Gasteiger partial charge in [0.25, 0.3) is 0 Å². The number of primary amides is 1. The molecule has 0 aliphatic carbocycles. The predicted molar refractivity (Wildman–Crippen MR) is 79.7 cm³/mol. The minimum absolute atomic E-state index is 0.191. The number of amides is 2. The second kappa shape index (κ2) is 7.22. The third-order valence-electron chi connectivity index (χ3n) is 3.57. The van der Waals surface area contributed by atoms with E-state index >= 15 is 0 Å². The van der Waals surface area contributed by atoms with Gasteiger partial charge in [0.05, 0.1) is 6.26 Å². The molecular weight excluding hydrogens is 294 g/mol. The lowest BCUT2D eigenvalue weighted by atomic mass is 9.95. The number of carbonyl (C=O) groups is 2. The van der Waals surface area contributed by atoms with Crippen LogP contribution < -0.4 is 10.5 Å². The second-order valence-electron chi connectivity index (χ2n) is 6.07. The first-order valence-corrected chi connectivity index (χ1v) is 9.04. The first-order chi connectivity index (χ1) is 9.60. The first-order valence-electron chi connectivity index (χ1n) is 7.15. The summed E-state index contributed by atoms with van der Waals surface area (Å²) in [7, 11) is -3.45. The van der Waals surface area contributed by atoms with Crippen molar-refractivity contribution in [2.45, 2.75) is 39.2 Å². The highest BCUT2D eigenvalue weighted by Gasteiger charge is 2.31. The molecule has 0 aromatic carbocycles. The van der Waals surface area contributed by atoms with Gasteiger partial charge in [0.2, 0.25) is 21.8 Å². The number of piperidine rings is 1. The summed E-state index contributed by atoms with van der Waals surface area (Å²) in [6, 6.07) is -0.745. The quantitative estimate of drug-likeness (QED) is 0.699. The molecule has 0 spiro atoms. The lowest BCUT2D eigenvalue weighted by molar-refractivity contribution is -0.136. The van der Waals surface area contributed by atoms with E-state index in [0.29, 0.717) is 32.4 Å². The number of nitrogens with two attached hydrogens (primary N) is 1. The molecule has 1 atom stereocenters. The lowest BCUT2D eigenvalue weighted by Crippen LogP contribution is -2.51. The zero-order chi connectivity index (χ0) is 16.2. The fraction of sp³-hybridized carbons (Fsp3) is 0.846. The Morgan fingerprint density at radius 1 is 1.29 bits per heavy atom. The zero-order valence-corrected chi connectivity index (χ0v) is 13.6. The molecule has 1 heterocycles. The average Bonchev–Trinajstić information content (AvgIpc) is 2.35. The second-order valence-corrected chi connectivity index (χ2v) is 7.85. The number of rotatable bonds is 6. The molecule has 1 fully saturated rings. The summed E-state index contributed by atoms with van der Waals surface area (Å²) < 4.78 is 25.2. The van der Waals surface area contributed by atoms with Gasteiger partial charge in [-0.15, -0.1) is 0 Å². The largest absolute Gasteiger partial charge is 0.369 e. The third kappa shape index (κ3) is 6.01. The predicted octanol–water partition coefficient (Wildman–Crippen LogP) is -0.326. The molecule has 2 amide bonds. The summed E-state index contributed by atoms with van der Waals surface area (Å²) in [5, 5.41) is 0. The average molecular weight is 319 g/mol. The van der Waals surface area contributed by atoms with Crippen molar-refractivity contribution in [3.63, 3.8) is 0 Å². The zero-order valence-electron chi connectivity index (χ0n) is 12.8. The van der Waals surface area contributed by atoms with E-state index in [1.54, 1.807) is 4.90 Å². The number of nitrogens with zero attached hydrogens (tertiary/aromatic N) is 1. The summed E-state index contributed by atoms with van der Waals surface area (Å²) in [5.74, 6) is -0.566. The van der Waals surface area contributed by atoms with Crippen LogP contribution in [0.4, 0.5) is 0 Å². The van der Waals surface area contributed by atoms with Gasteiger partial charge in [0.15, 0.2) is 0 Å². The van der Waals surface area contributed by atoms with Crippen LogP contribution in [-0.4, -0.2) is 50.5 Å². The van der Waals surface area contributed by atoms with Crippen molar-refractivity contribution < 1.29 is 18.0 Å². The fourth-order valence-electron chi connectivity index (χ4n) is 2.53. The topological polar surface area (TPSA) is 110 Å². The van der Waals surface area contributed by atoms with Gasteiger partial charge in [-0.3, -0.25) is 9.59 Å². The SMILES string of the molecule is CC(C)CC(NS(C)(=O)=O)C(=O)N1CCC(C(N)=O)CC1. The molecule has 0 aromatic rings. The number of sulfonamides is 1. The Morgan fingerprint density at radius 3 is 2.19 bits per heavy atom. The third-order valence-corrected chi connectivity index (χ3v) is 4.28. The van der Waals surface area contributed by atoms with Gasteiger partial charge in [0, 0.05) is 19.0 Å². The normalized spacial score (nSPS) is 18.8. The van der Waals surface area contributed by atoms with Crippen LogP contribution in [0.25, 0.3) is 0 Å². The van der Waals surface area contributed by atoms with Gasteiger partial charge in [-0.25, -0.2) is 13.1 Å². The molecule has 0 radical (unpaired) electrons. The van der Waals surface area contributed by atoms with Crippen molar-refractivity contribution in [1.29, 1.82) is 0 Å². The van der Waals surface area contributed by atoms with Crippen molar-refractivity contribution in [2.75, 3.05) is 19.3 Å². The van der Waals surface area contributed by atoms with E-state index in [4.69, 9.17) is 5.73 Å². The molecule has 1 unspecified atom stereocenters. The van der Waals surface area contributed by atoms with Crippen LogP contribution in [0.2, 0.25) is 0 Å². The Bertz CT molecular complexity index is 482. The Labute approximate surface area is 126 Å². The molecule has 0 bridgehead atoms. The molecule has 0 saturated carbocycles. The van der Waals surface area contributed by atoms with E-state index in [0.717, 1.165) is 6.26 Å². The Balaban J connectivity index is 2.70. The van der Waals surface area contributed by atoms with E-state index in [-0.39, 0.29) is 23.7 Å². The molecule has 122 valence electrons. The highest BCUT2D eigenvalue weighted by atomic mass is 32.2. The molecule has 0 aromatic heterocycles. The Morgan fingerprint density at radius 2 is 1.81 bits per heavy atom. The fourth-order valence-corrected chi connectivity index (χ4v) is 3.25. The Hall–Kier alpha value is -1.15. The molecule has 21 heavy (non-hydrogen) atoms. The first kappa shape index (κ1) is 17.9. The van der Waals surface area contributed by atoms with Crippen LogP contribution in [0.15, 0.2) is 0 Å². The number of nitrogens with one attached hydrogen (secondary N) is 1. The number of carbonyl (C=O) groups excluding carboxylic acids is 2. The molecule has 1 saturated heterocycles. The van der Waals surface area contributed by atoms with Crippen molar-refractivity contribution in [2.24, 2.45) is 17.6 Å². The maximum atomic E-state index is 12.5. The van der Waals surface area contributed by atoms with E-state index in [1.165, 1.54) is 0 Å².